The fraction of sp³-hybridized carbons (Fsp3) is 0.273. The molecule has 0 aliphatic rings. The van der Waals surface area contributed by atoms with E-state index in [1.54, 1.807) is 0 Å². The van der Waals surface area contributed by atoms with Gasteiger partial charge < -0.3 is 4.74 Å². The van der Waals surface area contributed by atoms with Crippen molar-refractivity contribution in [2.45, 2.75) is 12.8 Å². The highest BCUT2D eigenvalue weighted by Crippen LogP contribution is 2.30. The molecule has 0 fully saturated rings. The molecule has 3 nitrogen and oxygen atoms in total. The highest BCUT2D eigenvalue weighted by Gasteiger charge is 2.43. The SMILES string of the molecule is CCOC(=O)C(F)(F)c1cc(F)cc(C#N)c1. The first-order valence-corrected chi connectivity index (χ1v) is 4.68. The summed E-state index contributed by atoms with van der Waals surface area (Å²) < 4.78 is 44.1. The van der Waals surface area contributed by atoms with Gasteiger partial charge in [-0.1, -0.05) is 0 Å². The number of esters is 1. The van der Waals surface area contributed by atoms with E-state index in [4.69, 9.17) is 5.26 Å². The molecule has 0 aliphatic carbocycles. The van der Waals surface area contributed by atoms with Crippen LogP contribution in [-0.2, 0) is 15.5 Å². The molecular formula is C11H8F3NO2. The molecule has 1 aromatic carbocycles. The van der Waals surface area contributed by atoms with Gasteiger partial charge in [0.2, 0.25) is 0 Å². The molecule has 1 aromatic rings. The summed E-state index contributed by atoms with van der Waals surface area (Å²) in [6.07, 6.45) is 0. The molecule has 0 aliphatic heterocycles. The van der Waals surface area contributed by atoms with E-state index in [0.29, 0.717) is 6.07 Å². The standard InChI is InChI=1S/C11H8F3NO2/c1-2-17-10(16)11(13,14)8-3-7(6-15)4-9(12)5-8/h3-5H,2H2,1H3. The lowest BCUT2D eigenvalue weighted by atomic mass is 10.1. The Labute approximate surface area is 95.4 Å². The fourth-order valence-corrected chi connectivity index (χ4v) is 1.18. The lowest BCUT2D eigenvalue weighted by Crippen LogP contribution is -2.28. The van der Waals surface area contributed by atoms with Crippen LogP contribution in [0.5, 0.6) is 0 Å². The molecule has 0 saturated heterocycles. The minimum Gasteiger partial charge on any atom is -0.461 e. The molecule has 0 unspecified atom stereocenters. The molecule has 0 atom stereocenters. The number of nitriles is 1. The second-order valence-electron chi connectivity index (χ2n) is 3.14. The molecule has 0 amide bonds. The Morgan fingerprint density at radius 2 is 2.12 bits per heavy atom. The van der Waals surface area contributed by atoms with E-state index in [1.165, 1.54) is 13.0 Å². The molecule has 17 heavy (non-hydrogen) atoms. The van der Waals surface area contributed by atoms with Gasteiger partial charge in [0.05, 0.1) is 18.2 Å². The predicted molar refractivity (Wildman–Crippen MR) is 51.6 cm³/mol. The highest BCUT2D eigenvalue weighted by atomic mass is 19.3. The van der Waals surface area contributed by atoms with E-state index in [1.807, 2.05) is 0 Å². The molecular weight excluding hydrogens is 235 g/mol. The van der Waals surface area contributed by atoms with Crippen molar-refractivity contribution < 1.29 is 22.7 Å². The van der Waals surface area contributed by atoms with Gasteiger partial charge in [-0.15, -0.1) is 0 Å². The van der Waals surface area contributed by atoms with Crippen LogP contribution in [0.2, 0.25) is 0 Å². The Kier molecular flexibility index (Phi) is 3.73. The third kappa shape index (κ3) is 2.75. The number of hydrogen-bond donors (Lipinski definition) is 0. The van der Waals surface area contributed by atoms with Crippen molar-refractivity contribution >= 4 is 5.97 Å². The average molecular weight is 243 g/mol. The number of rotatable bonds is 3. The van der Waals surface area contributed by atoms with Gasteiger partial charge in [-0.25, -0.2) is 9.18 Å². The van der Waals surface area contributed by atoms with Crippen LogP contribution in [0, 0.1) is 17.1 Å². The van der Waals surface area contributed by atoms with Crippen LogP contribution in [0.15, 0.2) is 18.2 Å². The molecule has 1 rings (SSSR count). The summed E-state index contributed by atoms with van der Waals surface area (Å²) in [6, 6.07) is 3.57. The van der Waals surface area contributed by atoms with Crippen molar-refractivity contribution in [1.29, 1.82) is 5.26 Å². The predicted octanol–water partition coefficient (Wildman–Crippen LogP) is 2.35. The van der Waals surface area contributed by atoms with E-state index in [0.717, 1.165) is 12.1 Å². The maximum atomic E-state index is 13.5. The molecule has 0 radical (unpaired) electrons. The van der Waals surface area contributed by atoms with Gasteiger partial charge in [-0.3, -0.25) is 0 Å². The van der Waals surface area contributed by atoms with Gasteiger partial charge in [0.15, 0.2) is 0 Å². The van der Waals surface area contributed by atoms with E-state index >= 15 is 0 Å². The van der Waals surface area contributed by atoms with Crippen LogP contribution in [0.1, 0.15) is 18.1 Å². The molecule has 0 heterocycles. The topological polar surface area (TPSA) is 50.1 Å². The first-order chi connectivity index (χ1) is 7.91. The Hall–Kier alpha value is -2.03. The van der Waals surface area contributed by atoms with Gasteiger partial charge in [0.1, 0.15) is 5.82 Å². The lowest BCUT2D eigenvalue weighted by molar-refractivity contribution is -0.173. The first kappa shape index (κ1) is 13.0. The number of benzene rings is 1. The molecule has 0 bridgehead atoms. The molecule has 6 heteroatoms. The van der Waals surface area contributed by atoms with Crippen molar-refractivity contribution in [3.8, 4) is 6.07 Å². The molecule has 0 spiro atoms. The number of nitrogens with zero attached hydrogens (tertiary/aromatic N) is 1. The summed E-state index contributed by atoms with van der Waals surface area (Å²) in [4.78, 5) is 11.0. The second-order valence-corrected chi connectivity index (χ2v) is 3.14. The van der Waals surface area contributed by atoms with Crippen LogP contribution < -0.4 is 0 Å². The van der Waals surface area contributed by atoms with Crippen molar-refractivity contribution in [2.24, 2.45) is 0 Å². The third-order valence-corrected chi connectivity index (χ3v) is 1.92. The summed E-state index contributed by atoms with van der Waals surface area (Å²) in [5.74, 6) is -6.75. The van der Waals surface area contributed by atoms with Gasteiger partial charge >= 0.3 is 11.9 Å². The van der Waals surface area contributed by atoms with Crippen molar-refractivity contribution in [2.75, 3.05) is 6.61 Å². The van der Waals surface area contributed by atoms with Gasteiger partial charge in [0.25, 0.3) is 0 Å². The maximum Gasteiger partial charge on any atom is 0.381 e. The first-order valence-electron chi connectivity index (χ1n) is 4.68. The normalized spacial score (nSPS) is 10.8. The molecule has 0 aromatic heterocycles. The summed E-state index contributed by atoms with van der Waals surface area (Å²) in [5, 5.41) is 8.52. The zero-order valence-corrected chi connectivity index (χ0v) is 8.84. The minimum absolute atomic E-state index is 0.213. The van der Waals surface area contributed by atoms with E-state index < -0.39 is 23.3 Å². The van der Waals surface area contributed by atoms with E-state index in [2.05, 4.69) is 4.74 Å². The van der Waals surface area contributed by atoms with Crippen molar-refractivity contribution in [3.63, 3.8) is 0 Å². The van der Waals surface area contributed by atoms with Crippen LogP contribution in [-0.4, -0.2) is 12.6 Å². The average Bonchev–Trinajstić information content (AvgIpc) is 2.28. The van der Waals surface area contributed by atoms with Crippen molar-refractivity contribution in [1.82, 2.24) is 0 Å². The van der Waals surface area contributed by atoms with Crippen molar-refractivity contribution in [3.05, 3.63) is 35.1 Å². The van der Waals surface area contributed by atoms with Crippen LogP contribution in [0.3, 0.4) is 0 Å². The fourth-order valence-electron chi connectivity index (χ4n) is 1.18. The maximum absolute atomic E-state index is 13.5. The zero-order valence-electron chi connectivity index (χ0n) is 8.84. The third-order valence-electron chi connectivity index (χ3n) is 1.92. The molecule has 0 N–H and O–H groups in total. The van der Waals surface area contributed by atoms with Gasteiger partial charge in [-0.2, -0.15) is 14.0 Å². The Bertz CT molecular complexity index is 480. The zero-order chi connectivity index (χ0) is 13.1. The smallest absolute Gasteiger partial charge is 0.381 e. The largest absolute Gasteiger partial charge is 0.461 e. The number of carbonyl (C=O) groups is 1. The Morgan fingerprint density at radius 1 is 1.47 bits per heavy atom. The number of alkyl halides is 2. The monoisotopic (exact) mass is 243 g/mol. The van der Waals surface area contributed by atoms with Crippen LogP contribution in [0.25, 0.3) is 0 Å². The highest BCUT2D eigenvalue weighted by molar-refractivity contribution is 5.79. The Balaban J connectivity index is 3.19. The molecule has 0 saturated carbocycles. The van der Waals surface area contributed by atoms with Crippen LogP contribution >= 0.6 is 0 Å². The Morgan fingerprint density at radius 3 is 2.65 bits per heavy atom. The summed E-state index contributed by atoms with van der Waals surface area (Å²) in [7, 11) is 0. The summed E-state index contributed by atoms with van der Waals surface area (Å²) in [5.41, 5.74) is -1.18. The van der Waals surface area contributed by atoms with E-state index in [9.17, 15) is 18.0 Å². The minimum atomic E-state index is -3.97. The molecule has 90 valence electrons. The van der Waals surface area contributed by atoms with E-state index in [-0.39, 0.29) is 12.2 Å². The second kappa shape index (κ2) is 4.87. The number of halogens is 3. The van der Waals surface area contributed by atoms with Gasteiger partial charge in [0, 0.05) is 5.56 Å². The quantitative estimate of drug-likeness (QED) is 0.765. The lowest BCUT2D eigenvalue weighted by Gasteiger charge is -2.15. The number of hydrogen-bond acceptors (Lipinski definition) is 3. The van der Waals surface area contributed by atoms with Gasteiger partial charge in [-0.05, 0) is 25.1 Å². The summed E-state index contributed by atoms with van der Waals surface area (Å²) >= 11 is 0. The van der Waals surface area contributed by atoms with Crippen LogP contribution in [0.4, 0.5) is 13.2 Å². The number of carbonyl (C=O) groups excluding carboxylic acids is 1. The summed E-state index contributed by atoms with van der Waals surface area (Å²) in [6.45, 7) is 1.16. The number of ether oxygens (including phenoxy) is 1.